The van der Waals surface area contributed by atoms with Gasteiger partial charge in [0.15, 0.2) is 0 Å². The van der Waals surface area contributed by atoms with E-state index in [2.05, 4.69) is 0 Å². The highest BCUT2D eigenvalue weighted by Crippen LogP contribution is 2.25. The molecule has 0 saturated heterocycles. The van der Waals surface area contributed by atoms with Crippen molar-refractivity contribution >= 4 is 11.9 Å². The Morgan fingerprint density at radius 2 is 1.43 bits per heavy atom. The van der Waals surface area contributed by atoms with Crippen molar-refractivity contribution in [2.75, 3.05) is 0 Å². The molecule has 3 atom stereocenters. The van der Waals surface area contributed by atoms with Crippen LogP contribution in [0.2, 0.25) is 0 Å². The molecule has 0 amide bonds. The second-order valence-electron chi connectivity index (χ2n) is 8.98. The maximum Gasteiger partial charge on any atom is 0.309 e. The fourth-order valence-corrected chi connectivity index (χ4v) is 2.79. The van der Waals surface area contributed by atoms with Crippen LogP contribution in [0.25, 0.3) is 0 Å². The lowest BCUT2D eigenvalue weighted by Gasteiger charge is -2.33. The molecule has 158 valence electrons. The molecule has 0 aliphatic rings. The van der Waals surface area contributed by atoms with Crippen molar-refractivity contribution in [2.24, 2.45) is 17.8 Å². The summed E-state index contributed by atoms with van der Waals surface area (Å²) in [6.45, 7) is 15.2. The van der Waals surface area contributed by atoms with Crippen molar-refractivity contribution in [3.8, 4) is 5.75 Å². The van der Waals surface area contributed by atoms with Crippen LogP contribution in [-0.4, -0.2) is 29.7 Å². The summed E-state index contributed by atoms with van der Waals surface area (Å²) in [5, 5.41) is 0. The van der Waals surface area contributed by atoms with E-state index in [4.69, 9.17) is 14.2 Å². The average molecular weight is 393 g/mol. The SMILES string of the molecule is CC(C)[C@@H](Oc1ccccc1)[C@@H](OC(=O)[C@H](C)CC(=O)OC(C)(C)C)C(C)C. The number of benzene rings is 1. The molecule has 0 heterocycles. The highest BCUT2D eigenvalue weighted by molar-refractivity contribution is 5.80. The molecule has 1 aromatic rings. The van der Waals surface area contributed by atoms with Crippen LogP contribution >= 0.6 is 0 Å². The van der Waals surface area contributed by atoms with Crippen molar-refractivity contribution in [1.29, 1.82) is 0 Å². The number of ether oxygens (including phenoxy) is 3. The van der Waals surface area contributed by atoms with Crippen LogP contribution in [0, 0.1) is 17.8 Å². The Balaban J connectivity index is 2.82. The van der Waals surface area contributed by atoms with Gasteiger partial charge in [0.25, 0.3) is 0 Å². The second kappa shape index (κ2) is 10.5. The molecule has 0 fully saturated rings. The number of carbonyl (C=O) groups excluding carboxylic acids is 2. The number of hydrogen-bond acceptors (Lipinski definition) is 5. The molecule has 5 heteroatoms. The van der Waals surface area contributed by atoms with Crippen LogP contribution in [0.15, 0.2) is 30.3 Å². The van der Waals surface area contributed by atoms with Gasteiger partial charge in [-0.05, 0) is 44.7 Å². The molecular weight excluding hydrogens is 356 g/mol. The lowest BCUT2D eigenvalue weighted by molar-refractivity contribution is -0.169. The molecule has 0 aromatic heterocycles. The van der Waals surface area contributed by atoms with E-state index in [0.29, 0.717) is 0 Å². The van der Waals surface area contributed by atoms with Crippen LogP contribution in [0.1, 0.15) is 61.8 Å². The number of esters is 2. The molecule has 0 saturated carbocycles. The van der Waals surface area contributed by atoms with Crippen molar-refractivity contribution in [2.45, 2.75) is 79.6 Å². The average Bonchev–Trinajstić information content (AvgIpc) is 2.56. The third-order valence-electron chi connectivity index (χ3n) is 4.20. The number of carbonyl (C=O) groups is 2. The summed E-state index contributed by atoms with van der Waals surface area (Å²) in [6.07, 6.45) is -0.721. The Kier molecular flexibility index (Phi) is 8.99. The zero-order valence-corrected chi connectivity index (χ0v) is 18.5. The first kappa shape index (κ1) is 24.0. The Bertz CT molecular complexity index is 616. The van der Waals surface area contributed by atoms with Crippen molar-refractivity contribution in [3.63, 3.8) is 0 Å². The Hall–Kier alpha value is -2.04. The molecule has 0 radical (unpaired) electrons. The monoisotopic (exact) mass is 392 g/mol. The van der Waals surface area contributed by atoms with Crippen LogP contribution in [0.4, 0.5) is 0 Å². The molecule has 28 heavy (non-hydrogen) atoms. The lowest BCUT2D eigenvalue weighted by atomic mass is 9.93. The molecule has 5 nitrogen and oxygen atoms in total. The number of hydrogen-bond donors (Lipinski definition) is 0. The number of rotatable bonds is 9. The zero-order valence-electron chi connectivity index (χ0n) is 18.5. The van der Waals surface area contributed by atoms with Gasteiger partial charge < -0.3 is 14.2 Å². The van der Waals surface area contributed by atoms with Crippen molar-refractivity contribution < 1.29 is 23.8 Å². The summed E-state index contributed by atoms with van der Waals surface area (Å²) in [4.78, 5) is 24.7. The third-order valence-corrected chi connectivity index (χ3v) is 4.20. The molecule has 0 aliphatic carbocycles. The lowest BCUT2D eigenvalue weighted by Crippen LogP contribution is -2.44. The molecule has 0 N–H and O–H groups in total. The fraction of sp³-hybridized carbons (Fsp3) is 0.652. The largest absolute Gasteiger partial charge is 0.486 e. The van der Waals surface area contributed by atoms with Gasteiger partial charge in [-0.25, -0.2) is 0 Å². The van der Waals surface area contributed by atoms with E-state index in [1.54, 1.807) is 27.7 Å². The first-order chi connectivity index (χ1) is 12.9. The zero-order chi connectivity index (χ0) is 21.5. The Morgan fingerprint density at radius 3 is 1.89 bits per heavy atom. The van der Waals surface area contributed by atoms with Gasteiger partial charge in [-0.3, -0.25) is 9.59 Å². The standard InChI is InChI=1S/C23H36O5/c1-15(2)20(26-18-12-10-9-11-13-18)21(16(3)4)27-22(25)17(5)14-19(24)28-23(6,7)8/h9-13,15-17,20-21H,14H2,1-8H3/t17-,20-,21+/m1/s1. The maximum absolute atomic E-state index is 12.7. The van der Waals surface area contributed by atoms with Crippen LogP contribution in [0.5, 0.6) is 5.75 Å². The predicted molar refractivity (Wildman–Crippen MR) is 110 cm³/mol. The minimum Gasteiger partial charge on any atom is -0.486 e. The smallest absolute Gasteiger partial charge is 0.309 e. The van der Waals surface area contributed by atoms with Gasteiger partial charge in [-0.15, -0.1) is 0 Å². The van der Waals surface area contributed by atoms with E-state index in [-0.39, 0.29) is 24.4 Å². The molecule has 1 aromatic carbocycles. The van der Waals surface area contributed by atoms with Gasteiger partial charge in [0, 0.05) is 0 Å². The van der Waals surface area contributed by atoms with E-state index >= 15 is 0 Å². The molecular formula is C23H36O5. The van der Waals surface area contributed by atoms with Gasteiger partial charge >= 0.3 is 11.9 Å². The van der Waals surface area contributed by atoms with E-state index in [0.717, 1.165) is 5.75 Å². The minimum atomic E-state index is -0.583. The van der Waals surface area contributed by atoms with Gasteiger partial charge in [0.2, 0.25) is 0 Å². The van der Waals surface area contributed by atoms with Crippen molar-refractivity contribution in [3.05, 3.63) is 30.3 Å². The summed E-state index contributed by atoms with van der Waals surface area (Å²) in [5.74, 6) is -0.452. The first-order valence-corrected chi connectivity index (χ1v) is 10.0. The van der Waals surface area contributed by atoms with Crippen molar-refractivity contribution in [1.82, 2.24) is 0 Å². The normalized spacial score (nSPS) is 15.1. The van der Waals surface area contributed by atoms with Crippen LogP contribution in [0.3, 0.4) is 0 Å². The van der Waals surface area contributed by atoms with E-state index < -0.39 is 29.6 Å². The quantitative estimate of drug-likeness (QED) is 0.552. The Morgan fingerprint density at radius 1 is 0.893 bits per heavy atom. The van der Waals surface area contributed by atoms with Crippen LogP contribution < -0.4 is 4.74 Å². The number of para-hydroxylation sites is 1. The minimum absolute atomic E-state index is 0.00714. The van der Waals surface area contributed by atoms with Gasteiger partial charge in [0.1, 0.15) is 23.6 Å². The molecule has 0 unspecified atom stereocenters. The first-order valence-electron chi connectivity index (χ1n) is 10.0. The summed E-state index contributed by atoms with van der Waals surface area (Å²) >= 11 is 0. The summed E-state index contributed by atoms with van der Waals surface area (Å²) < 4.78 is 17.3. The molecule has 0 spiro atoms. The highest BCUT2D eigenvalue weighted by atomic mass is 16.6. The topological polar surface area (TPSA) is 61.8 Å². The predicted octanol–water partition coefficient (Wildman–Crippen LogP) is 5.03. The third kappa shape index (κ3) is 8.32. The maximum atomic E-state index is 12.7. The van der Waals surface area contributed by atoms with Gasteiger partial charge in [-0.1, -0.05) is 52.8 Å². The van der Waals surface area contributed by atoms with E-state index in [9.17, 15) is 9.59 Å². The van der Waals surface area contributed by atoms with E-state index in [1.165, 1.54) is 0 Å². The van der Waals surface area contributed by atoms with Gasteiger partial charge in [-0.2, -0.15) is 0 Å². The molecule has 0 aliphatic heterocycles. The molecule has 1 rings (SSSR count). The van der Waals surface area contributed by atoms with E-state index in [1.807, 2.05) is 58.0 Å². The summed E-state index contributed by atoms with van der Waals surface area (Å²) in [7, 11) is 0. The van der Waals surface area contributed by atoms with Gasteiger partial charge in [0.05, 0.1) is 12.3 Å². The fourth-order valence-electron chi connectivity index (χ4n) is 2.79. The summed E-state index contributed by atoms with van der Waals surface area (Å²) in [5.41, 5.74) is -0.576. The van der Waals surface area contributed by atoms with Crippen LogP contribution in [-0.2, 0) is 19.1 Å². The second-order valence-corrected chi connectivity index (χ2v) is 8.98. The highest BCUT2D eigenvalue weighted by Gasteiger charge is 2.34. The summed E-state index contributed by atoms with van der Waals surface area (Å²) in [6, 6.07) is 9.52. The molecule has 0 bridgehead atoms. The Labute approximate surface area is 169 Å².